The van der Waals surface area contributed by atoms with Crippen molar-refractivity contribution in [3.63, 3.8) is 0 Å². The van der Waals surface area contributed by atoms with Crippen molar-refractivity contribution in [3.8, 4) is 0 Å². The molecular formula is C29H26ClN3O3S. The molecule has 0 saturated carbocycles. The number of halogens is 1. The number of carbonyl (C=O) groups is 1. The van der Waals surface area contributed by atoms with E-state index >= 15 is 0 Å². The second-order valence-electron chi connectivity index (χ2n) is 8.75. The summed E-state index contributed by atoms with van der Waals surface area (Å²) >= 11 is 6.31. The van der Waals surface area contributed by atoms with Crippen LogP contribution < -0.4 is 9.62 Å². The summed E-state index contributed by atoms with van der Waals surface area (Å²) in [6.07, 6.45) is 0. The smallest absolute Gasteiger partial charge is 0.264 e. The molecule has 4 aromatic carbocycles. The molecule has 1 N–H and O–H groups in total. The third-order valence-corrected chi connectivity index (χ3v) is 8.68. The van der Waals surface area contributed by atoms with Gasteiger partial charge in [-0.1, -0.05) is 54.1 Å². The Balaban J connectivity index is 1.51. The monoisotopic (exact) mass is 531 g/mol. The van der Waals surface area contributed by atoms with Crippen molar-refractivity contribution < 1.29 is 13.2 Å². The molecular weight excluding hydrogens is 506 g/mol. The van der Waals surface area contributed by atoms with Gasteiger partial charge < -0.3 is 9.88 Å². The van der Waals surface area contributed by atoms with E-state index in [1.54, 1.807) is 43.3 Å². The first kappa shape index (κ1) is 24.9. The van der Waals surface area contributed by atoms with Gasteiger partial charge in [-0.05, 0) is 67.9 Å². The maximum atomic E-state index is 13.6. The average Bonchev–Trinajstić information content (AvgIpc) is 3.22. The fourth-order valence-corrected chi connectivity index (χ4v) is 6.36. The predicted molar refractivity (Wildman–Crippen MR) is 151 cm³/mol. The van der Waals surface area contributed by atoms with E-state index in [2.05, 4.69) is 28.9 Å². The zero-order valence-electron chi connectivity index (χ0n) is 20.5. The van der Waals surface area contributed by atoms with E-state index < -0.39 is 22.5 Å². The lowest BCUT2D eigenvalue weighted by Gasteiger charge is -2.26. The van der Waals surface area contributed by atoms with E-state index in [9.17, 15) is 13.2 Å². The summed E-state index contributed by atoms with van der Waals surface area (Å²) in [5, 5.41) is 5.44. The molecule has 1 heterocycles. The van der Waals surface area contributed by atoms with Gasteiger partial charge in [-0.15, -0.1) is 0 Å². The number of hydrogen-bond acceptors (Lipinski definition) is 3. The molecule has 5 aromatic rings. The van der Waals surface area contributed by atoms with Crippen LogP contribution in [-0.2, 0) is 21.4 Å². The Morgan fingerprint density at radius 1 is 0.892 bits per heavy atom. The lowest BCUT2D eigenvalue weighted by atomic mass is 10.1. The molecule has 0 fully saturated rings. The van der Waals surface area contributed by atoms with Crippen LogP contribution in [0, 0.1) is 6.92 Å². The van der Waals surface area contributed by atoms with Crippen LogP contribution >= 0.6 is 11.6 Å². The molecule has 0 unspecified atom stereocenters. The maximum absolute atomic E-state index is 13.6. The van der Waals surface area contributed by atoms with Crippen LogP contribution in [0.4, 0.5) is 11.4 Å². The molecule has 1 amide bonds. The standard InChI is InChI=1S/C29H26ClN3O3S/c1-3-32-27-14-8-7-12-23(27)24-18-21(16-17-28(24)32)31-29(34)19-33(26-15-9-13-25(30)20(26)2)37(35,36)22-10-5-4-6-11-22/h4-18H,3,19H2,1-2H3,(H,31,34). The molecule has 0 spiro atoms. The first-order valence-electron chi connectivity index (χ1n) is 11.9. The van der Waals surface area contributed by atoms with Crippen LogP contribution in [0.2, 0.25) is 5.02 Å². The van der Waals surface area contributed by atoms with Crippen LogP contribution in [0.3, 0.4) is 0 Å². The van der Waals surface area contributed by atoms with E-state index in [1.165, 1.54) is 12.1 Å². The van der Waals surface area contributed by atoms with E-state index in [-0.39, 0.29) is 4.90 Å². The van der Waals surface area contributed by atoms with Gasteiger partial charge >= 0.3 is 0 Å². The zero-order chi connectivity index (χ0) is 26.2. The minimum absolute atomic E-state index is 0.0935. The number of aryl methyl sites for hydroxylation is 1. The topological polar surface area (TPSA) is 71.4 Å². The number of rotatable bonds is 7. The summed E-state index contributed by atoms with van der Waals surface area (Å²) in [4.78, 5) is 13.4. The van der Waals surface area contributed by atoms with E-state index in [4.69, 9.17) is 11.6 Å². The van der Waals surface area contributed by atoms with E-state index in [1.807, 2.05) is 30.3 Å². The normalized spacial score (nSPS) is 11.6. The molecule has 0 aliphatic carbocycles. The Hall–Kier alpha value is -3.81. The number of nitrogens with one attached hydrogen (secondary N) is 1. The Labute approximate surface area is 221 Å². The molecule has 5 rings (SSSR count). The van der Waals surface area contributed by atoms with Crippen molar-refractivity contribution in [3.05, 3.63) is 102 Å². The van der Waals surface area contributed by atoms with Gasteiger partial charge in [-0.3, -0.25) is 9.10 Å². The summed E-state index contributed by atoms with van der Waals surface area (Å²) < 4.78 is 30.6. The highest BCUT2D eigenvalue weighted by molar-refractivity contribution is 7.92. The van der Waals surface area contributed by atoms with Crippen LogP contribution in [0.15, 0.2) is 95.9 Å². The van der Waals surface area contributed by atoms with Crippen molar-refractivity contribution in [2.24, 2.45) is 0 Å². The average molecular weight is 532 g/mol. The fourth-order valence-electron chi connectivity index (χ4n) is 4.69. The molecule has 0 bridgehead atoms. The van der Waals surface area contributed by atoms with Gasteiger partial charge in [-0.2, -0.15) is 0 Å². The molecule has 0 atom stereocenters. The number of aromatic nitrogens is 1. The fraction of sp³-hybridized carbons (Fsp3) is 0.138. The summed E-state index contributed by atoms with van der Waals surface area (Å²) in [7, 11) is -4.03. The summed E-state index contributed by atoms with van der Waals surface area (Å²) in [6.45, 7) is 4.25. The number of benzene rings is 4. The highest BCUT2D eigenvalue weighted by Gasteiger charge is 2.28. The van der Waals surface area contributed by atoms with Crippen LogP contribution in [0.5, 0.6) is 0 Å². The van der Waals surface area contributed by atoms with Gasteiger partial charge in [0, 0.05) is 39.1 Å². The summed E-state index contributed by atoms with van der Waals surface area (Å²) in [5.41, 5.74) is 3.72. The Kier molecular flexibility index (Phi) is 6.67. The molecule has 0 aliphatic rings. The number of sulfonamides is 1. The van der Waals surface area contributed by atoms with Gasteiger partial charge in [0.05, 0.1) is 10.6 Å². The third kappa shape index (κ3) is 4.56. The molecule has 8 heteroatoms. The highest BCUT2D eigenvalue weighted by Crippen LogP contribution is 2.32. The zero-order valence-corrected chi connectivity index (χ0v) is 22.1. The van der Waals surface area contributed by atoms with Crippen molar-refractivity contribution in [2.45, 2.75) is 25.3 Å². The van der Waals surface area contributed by atoms with Crippen molar-refractivity contribution >= 4 is 60.7 Å². The predicted octanol–water partition coefficient (Wildman–Crippen LogP) is 6.61. The Morgan fingerprint density at radius 3 is 2.35 bits per heavy atom. The SMILES string of the molecule is CCn1c2ccccc2c2cc(NC(=O)CN(c3cccc(Cl)c3C)S(=O)(=O)c3ccccc3)ccc21. The lowest BCUT2D eigenvalue weighted by Crippen LogP contribution is -2.38. The van der Waals surface area contributed by atoms with Crippen LogP contribution in [-0.4, -0.2) is 25.4 Å². The molecule has 0 saturated heterocycles. The van der Waals surface area contributed by atoms with Gasteiger partial charge in [0.2, 0.25) is 5.91 Å². The van der Waals surface area contributed by atoms with Gasteiger partial charge in [0.15, 0.2) is 0 Å². The molecule has 1 aromatic heterocycles. The largest absolute Gasteiger partial charge is 0.341 e. The van der Waals surface area contributed by atoms with Crippen molar-refractivity contribution in [2.75, 3.05) is 16.2 Å². The Bertz CT molecular complexity index is 1730. The molecule has 6 nitrogen and oxygen atoms in total. The highest BCUT2D eigenvalue weighted by atomic mass is 35.5. The molecule has 0 aliphatic heterocycles. The lowest BCUT2D eigenvalue weighted by molar-refractivity contribution is -0.114. The van der Waals surface area contributed by atoms with Gasteiger partial charge in [-0.25, -0.2) is 8.42 Å². The second kappa shape index (κ2) is 9.92. The Morgan fingerprint density at radius 2 is 1.59 bits per heavy atom. The third-order valence-electron chi connectivity index (χ3n) is 6.50. The number of fused-ring (bicyclic) bond motifs is 3. The number of hydrogen-bond donors (Lipinski definition) is 1. The van der Waals surface area contributed by atoms with Gasteiger partial charge in [0.25, 0.3) is 10.0 Å². The molecule has 0 radical (unpaired) electrons. The van der Waals surface area contributed by atoms with E-state index in [0.717, 1.165) is 32.7 Å². The second-order valence-corrected chi connectivity index (χ2v) is 11.0. The quantitative estimate of drug-likeness (QED) is 0.257. The number of nitrogens with zero attached hydrogens (tertiary/aromatic N) is 2. The number of anilines is 2. The molecule has 37 heavy (non-hydrogen) atoms. The van der Waals surface area contributed by atoms with Crippen LogP contribution in [0.1, 0.15) is 12.5 Å². The minimum Gasteiger partial charge on any atom is -0.341 e. The van der Waals surface area contributed by atoms with Crippen LogP contribution in [0.25, 0.3) is 21.8 Å². The van der Waals surface area contributed by atoms with E-state index in [0.29, 0.717) is 22.0 Å². The van der Waals surface area contributed by atoms with Crippen molar-refractivity contribution in [1.29, 1.82) is 0 Å². The maximum Gasteiger partial charge on any atom is 0.264 e. The number of para-hydroxylation sites is 1. The number of amides is 1. The first-order valence-corrected chi connectivity index (χ1v) is 13.8. The van der Waals surface area contributed by atoms with Crippen molar-refractivity contribution in [1.82, 2.24) is 4.57 Å². The summed E-state index contributed by atoms with van der Waals surface area (Å²) in [5.74, 6) is -0.461. The molecule has 188 valence electrons. The number of carbonyl (C=O) groups excluding carboxylic acids is 1. The summed E-state index contributed by atoms with van der Waals surface area (Å²) in [6, 6.07) is 27.0. The minimum atomic E-state index is -4.03. The first-order chi connectivity index (χ1) is 17.8. The van der Waals surface area contributed by atoms with Gasteiger partial charge in [0.1, 0.15) is 6.54 Å².